The van der Waals surface area contributed by atoms with Crippen molar-refractivity contribution in [1.29, 1.82) is 0 Å². The molecule has 3 aromatic rings. The van der Waals surface area contributed by atoms with E-state index in [1.54, 1.807) is 33.3 Å². The Bertz CT molecular complexity index is 1150. The second-order valence-electron chi connectivity index (χ2n) is 7.90. The quantitative estimate of drug-likeness (QED) is 0.668. The van der Waals surface area contributed by atoms with E-state index in [1.807, 2.05) is 6.07 Å². The number of anilines is 2. The molecule has 1 fully saturated rings. The van der Waals surface area contributed by atoms with Crippen molar-refractivity contribution in [1.82, 2.24) is 14.9 Å². The van der Waals surface area contributed by atoms with Gasteiger partial charge in [-0.1, -0.05) is 11.3 Å². The third-order valence-corrected chi connectivity index (χ3v) is 6.50. The Labute approximate surface area is 183 Å². The minimum Gasteiger partial charge on any atom is -0.370 e. The molecule has 1 aromatic carbocycles. The van der Waals surface area contributed by atoms with E-state index in [1.165, 1.54) is 28.4 Å². The summed E-state index contributed by atoms with van der Waals surface area (Å²) in [6.45, 7) is 3.07. The minimum absolute atomic E-state index is 0.119. The molecule has 0 aliphatic carbocycles. The molecule has 0 radical (unpaired) electrons. The zero-order chi connectivity index (χ0) is 22.1. The molecule has 3 heterocycles. The number of piperidine rings is 1. The number of aromatic nitrogens is 2. The first-order chi connectivity index (χ1) is 14.8. The van der Waals surface area contributed by atoms with Crippen LogP contribution in [-0.2, 0) is 4.79 Å². The highest BCUT2D eigenvalue weighted by Gasteiger charge is 2.28. The van der Waals surface area contributed by atoms with Gasteiger partial charge in [0.05, 0.1) is 17.1 Å². The Morgan fingerprint density at radius 1 is 1.29 bits per heavy atom. The zero-order valence-electron chi connectivity index (χ0n) is 17.7. The van der Waals surface area contributed by atoms with Crippen LogP contribution in [-0.4, -0.2) is 53.9 Å². The molecule has 0 saturated carbocycles. The highest BCUT2D eigenvalue weighted by atomic mass is 32.1. The first-order valence-electron chi connectivity index (χ1n) is 10.1. The summed E-state index contributed by atoms with van der Waals surface area (Å²) in [5, 5.41) is 4.06. The lowest BCUT2D eigenvalue weighted by atomic mass is 9.96. The van der Waals surface area contributed by atoms with Crippen LogP contribution in [0.5, 0.6) is 0 Å². The van der Waals surface area contributed by atoms with Crippen molar-refractivity contribution in [3.63, 3.8) is 0 Å². The van der Waals surface area contributed by atoms with Gasteiger partial charge in [0, 0.05) is 44.5 Å². The van der Waals surface area contributed by atoms with Crippen LogP contribution < -0.4 is 10.2 Å². The van der Waals surface area contributed by atoms with Crippen molar-refractivity contribution < 1.29 is 14.0 Å². The average Bonchev–Trinajstić information content (AvgIpc) is 3.12. The van der Waals surface area contributed by atoms with Gasteiger partial charge in [-0.15, -0.1) is 0 Å². The van der Waals surface area contributed by atoms with Crippen LogP contribution >= 0.6 is 11.3 Å². The topological polar surface area (TPSA) is 78.4 Å². The van der Waals surface area contributed by atoms with Crippen LogP contribution in [0.4, 0.5) is 15.2 Å². The van der Waals surface area contributed by atoms with Crippen molar-refractivity contribution in [2.24, 2.45) is 5.92 Å². The Kier molecular flexibility index (Phi) is 5.86. The molecule has 31 heavy (non-hydrogen) atoms. The Morgan fingerprint density at radius 3 is 2.87 bits per heavy atom. The number of carbonyl (C=O) groups excluding carboxylic acids is 2. The van der Waals surface area contributed by atoms with Gasteiger partial charge in [0.1, 0.15) is 10.7 Å². The van der Waals surface area contributed by atoms with E-state index in [0.717, 1.165) is 36.0 Å². The van der Waals surface area contributed by atoms with Gasteiger partial charge in [0.25, 0.3) is 5.91 Å². The second kappa shape index (κ2) is 8.58. The Balaban J connectivity index is 1.51. The average molecular weight is 442 g/mol. The number of pyridine rings is 1. The van der Waals surface area contributed by atoms with Crippen LogP contribution in [0.15, 0.2) is 30.5 Å². The number of amides is 2. The number of aryl methyl sites for hydroxylation is 1. The molecule has 2 aromatic heterocycles. The molecule has 1 unspecified atom stereocenters. The summed E-state index contributed by atoms with van der Waals surface area (Å²) in [5.41, 5.74) is 2.21. The first kappa shape index (κ1) is 21.2. The summed E-state index contributed by atoms with van der Waals surface area (Å²) in [7, 11) is 3.37. The fraction of sp³-hybridized carbons (Fsp3) is 0.364. The lowest BCUT2D eigenvalue weighted by Crippen LogP contribution is -2.40. The predicted molar refractivity (Wildman–Crippen MR) is 120 cm³/mol. The molecular weight excluding hydrogens is 417 g/mol. The monoisotopic (exact) mass is 441 g/mol. The van der Waals surface area contributed by atoms with E-state index in [4.69, 9.17) is 0 Å². The maximum Gasteiger partial charge on any atom is 0.265 e. The van der Waals surface area contributed by atoms with Gasteiger partial charge in [-0.2, -0.15) is 0 Å². The Morgan fingerprint density at radius 2 is 2.10 bits per heavy atom. The molecule has 4 rings (SSSR count). The van der Waals surface area contributed by atoms with Crippen molar-refractivity contribution in [2.45, 2.75) is 19.8 Å². The lowest BCUT2D eigenvalue weighted by Gasteiger charge is -2.34. The predicted octanol–water partition coefficient (Wildman–Crippen LogP) is 3.70. The molecule has 9 heteroatoms. The number of thiazole rings is 1. The number of halogens is 1. The summed E-state index contributed by atoms with van der Waals surface area (Å²) in [6.07, 6.45) is 3.31. The molecule has 2 amide bonds. The fourth-order valence-electron chi connectivity index (χ4n) is 3.85. The number of nitrogens with zero attached hydrogens (tertiary/aromatic N) is 4. The zero-order valence-corrected chi connectivity index (χ0v) is 18.5. The highest BCUT2D eigenvalue weighted by molar-refractivity contribution is 7.17. The number of hydrogen-bond donors (Lipinski definition) is 1. The summed E-state index contributed by atoms with van der Waals surface area (Å²) >= 11 is 1.19. The summed E-state index contributed by atoms with van der Waals surface area (Å²) < 4.78 is 13.8. The van der Waals surface area contributed by atoms with Crippen LogP contribution in [0.1, 0.15) is 28.2 Å². The number of carbonyl (C=O) groups is 2. The van der Waals surface area contributed by atoms with E-state index < -0.39 is 0 Å². The van der Waals surface area contributed by atoms with Gasteiger partial charge >= 0.3 is 0 Å². The number of nitrogens with one attached hydrogen (secondary N) is 1. The maximum atomic E-state index is 13.8. The van der Waals surface area contributed by atoms with Crippen molar-refractivity contribution >= 4 is 44.9 Å². The molecule has 1 saturated heterocycles. The molecule has 0 bridgehead atoms. The molecule has 1 aliphatic heterocycles. The van der Waals surface area contributed by atoms with E-state index in [-0.39, 0.29) is 23.5 Å². The van der Waals surface area contributed by atoms with Gasteiger partial charge in [-0.3, -0.25) is 14.6 Å². The molecule has 7 nitrogen and oxygen atoms in total. The SMILES string of the molecule is Cc1nc(NC(=O)C2CCCN(c3ccnc4ccc(F)cc34)C2)sc1C(=O)N(C)C. The molecule has 1 N–H and O–H groups in total. The third-order valence-electron chi connectivity index (χ3n) is 5.44. The van der Waals surface area contributed by atoms with Crippen LogP contribution in [0.25, 0.3) is 10.9 Å². The van der Waals surface area contributed by atoms with E-state index in [0.29, 0.717) is 22.2 Å². The van der Waals surface area contributed by atoms with Crippen molar-refractivity contribution in [3.05, 3.63) is 46.9 Å². The summed E-state index contributed by atoms with van der Waals surface area (Å²) in [5.74, 6) is -0.791. The van der Waals surface area contributed by atoms with Gasteiger partial charge in [0.2, 0.25) is 5.91 Å². The maximum absolute atomic E-state index is 13.8. The van der Waals surface area contributed by atoms with Gasteiger partial charge < -0.3 is 15.1 Å². The van der Waals surface area contributed by atoms with Gasteiger partial charge in [0.15, 0.2) is 5.13 Å². The lowest BCUT2D eigenvalue weighted by molar-refractivity contribution is -0.120. The standard InChI is InChI=1S/C22H24FN5O2S/c1-13-19(21(30)27(2)3)31-22(25-13)26-20(29)14-5-4-10-28(12-14)18-8-9-24-17-7-6-15(23)11-16(17)18/h6-9,11,14H,4-5,10,12H2,1-3H3,(H,25,26,29). The number of benzene rings is 1. The smallest absolute Gasteiger partial charge is 0.265 e. The molecule has 1 atom stereocenters. The number of fused-ring (bicyclic) bond motifs is 1. The van der Waals surface area contributed by atoms with E-state index in [2.05, 4.69) is 20.2 Å². The number of rotatable bonds is 4. The summed E-state index contributed by atoms with van der Waals surface area (Å²) in [4.78, 5) is 38.0. The molecule has 0 spiro atoms. The highest BCUT2D eigenvalue weighted by Crippen LogP contribution is 2.31. The van der Waals surface area contributed by atoms with E-state index >= 15 is 0 Å². The van der Waals surface area contributed by atoms with Crippen molar-refractivity contribution in [2.75, 3.05) is 37.4 Å². The second-order valence-corrected chi connectivity index (χ2v) is 8.90. The van der Waals surface area contributed by atoms with E-state index in [9.17, 15) is 14.0 Å². The van der Waals surface area contributed by atoms with Crippen LogP contribution in [0.3, 0.4) is 0 Å². The number of hydrogen-bond acceptors (Lipinski definition) is 6. The molecule has 162 valence electrons. The third kappa shape index (κ3) is 4.36. The van der Waals surface area contributed by atoms with Gasteiger partial charge in [-0.25, -0.2) is 9.37 Å². The van der Waals surface area contributed by atoms with Gasteiger partial charge in [-0.05, 0) is 44.0 Å². The molecule has 1 aliphatic rings. The van der Waals surface area contributed by atoms with Crippen LogP contribution in [0.2, 0.25) is 0 Å². The Hall–Kier alpha value is -3.07. The summed E-state index contributed by atoms with van der Waals surface area (Å²) in [6, 6.07) is 6.42. The largest absolute Gasteiger partial charge is 0.370 e. The fourth-order valence-corrected chi connectivity index (χ4v) is 4.84. The molecular formula is C22H24FN5O2S. The van der Waals surface area contributed by atoms with Crippen LogP contribution in [0, 0.1) is 18.7 Å². The van der Waals surface area contributed by atoms with Crippen molar-refractivity contribution in [3.8, 4) is 0 Å². The minimum atomic E-state index is -0.310. The normalized spacial score (nSPS) is 16.4. The first-order valence-corrected chi connectivity index (χ1v) is 10.9.